The van der Waals surface area contributed by atoms with E-state index in [1.807, 2.05) is 0 Å². The monoisotopic (exact) mass is 222 g/mol. The Morgan fingerprint density at radius 2 is 1.88 bits per heavy atom. The maximum absolute atomic E-state index is 11.5. The maximum atomic E-state index is 11.5. The summed E-state index contributed by atoms with van der Waals surface area (Å²) in [4.78, 5) is 13.1. The number of methoxy groups -OCH3 is 1. The van der Waals surface area contributed by atoms with Crippen molar-refractivity contribution in [1.82, 2.24) is 4.90 Å². The molecule has 16 heavy (non-hydrogen) atoms. The second-order valence-electron chi connectivity index (χ2n) is 3.71. The second-order valence-corrected chi connectivity index (χ2v) is 3.71. The summed E-state index contributed by atoms with van der Waals surface area (Å²) in [6.45, 7) is 1.13. The molecule has 0 radical (unpaired) electrons. The smallest absolute Gasteiger partial charge is 0.415 e. The summed E-state index contributed by atoms with van der Waals surface area (Å²) in [5, 5.41) is 0. The molecule has 2 rings (SSSR count). The van der Waals surface area contributed by atoms with Crippen molar-refractivity contribution in [3.63, 3.8) is 0 Å². The summed E-state index contributed by atoms with van der Waals surface area (Å²) in [6.07, 6.45) is -0.355. The van der Waals surface area contributed by atoms with E-state index in [0.29, 0.717) is 18.8 Å². The fourth-order valence-corrected chi connectivity index (χ4v) is 1.47. The molecule has 1 saturated heterocycles. The lowest BCUT2D eigenvalue weighted by molar-refractivity contribution is 0.113. The topological polar surface area (TPSA) is 64.8 Å². The van der Waals surface area contributed by atoms with Crippen LogP contribution in [-0.4, -0.2) is 37.2 Å². The van der Waals surface area contributed by atoms with Gasteiger partial charge in [-0.2, -0.15) is 0 Å². The van der Waals surface area contributed by atoms with Gasteiger partial charge in [0.15, 0.2) is 0 Å². The molecule has 5 heteroatoms. The van der Waals surface area contributed by atoms with Crippen molar-refractivity contribution in [2.45, 2.75) is 6.04 Å². The van der Waals surface area contributed by atoms with Gasteiger partial charge in [-0.15, -0.1) is 0 Å². The predicted molar refractivity (Wildman–Crippen MR) is 58.6 cm³/mol. The molecule has 1 aliphatic rings. The number of nitrogens with zero attached hydrogens (tertiary/aromatic N) is 1. The number of carbonyl (C=O) groups excluding carboxylic acids is 1. The molecule has 0 aliphatic carbocycles. The lowest BCUT2D eigenvalue weighted by atomic mass is 10.1. The van der Waals surface area contributed by atoms with Gasteiger partial charge >= 0.3 is 6.09 Å². The summed E-state index contributed by atoms with van der Waals surface area (Å²) in [5.74, 6) is 1.23. The fraction of sp³-hybridized carbons (Fsp3) is 0.364. The third-order valence-electron chi connectivity index (χ3n) is 2.43. The number of benzene rings is 1. The van der Waals surface area contributed by atoms with Crippen LogP contribution in [0.4, 0.5) is 4.79 Å². The van der Waals surface area contributed by atoms with Gasteiger partial charge < -0.3 is 20.1 Å². The Labute approximate surface area is 93.7 Å². The summed E-state index contributed by atoms with van der Waals surface area (Å²) < 4.78 is 10.1. The largest absolute Gasteiger partial charge is 0.497 e. The molecule has 1 fully saturated rings. The first-order valence-corrected chi connectivity index (χ1v) is 5.05. The molecule has 0 atom stereocenters. The zero-order chi connectivity index (χ0) is 11.5. The zero-order valence-electron chi connectivity index (χ0n) is 9.05. The molecule has 1 aromatic rings. The Hall–Kier alpha value is -1.75. The Morgan fingerprint density at radius 3 is 2.38 bits per heavy atom. The number of likely N-dealkylation sites (tertiary alicyclic amines) is 1. The normalized spacial score (nSPS) is 15.5. The zero-order valence-corrected chi connectivity index (χ0v) is 9.05. The van der Waals surface area contributed by atoms with Gasteiger partial charge in [0, 0.05) is 19.1 Å². The highest BCUT2D eigenvalue weighted by Gasteiger charge is 2.28. The first-order valence-electron chi connectivity index (χ1n) is 5.05. The number of nitrogens with two attached hydrogens (primary N) is 1. The van der Waals surface area contributed by atoms with Gasteiger partial charge in [0.2, 0.25) is 0 Å². The molecule has 5 nitrogen and oxygen atoms in total. The molecule has 1 aliphatic heterocycles. The standard InChI is InChI=1S/C11H14N2O3/c1-15-9-2-4-10(5-3-9)16-11(14)13-6-8(12)7-13/h2-5,8H,6-7,12H2,1H3. The van der Waals surface area contributed by atoms with Gasteiger partial charge in [-0.1, -0.05) is 0 Å². The van der Waals surface area contributed by atoms with E-state index in [2.05, 4.69) is 0 Å². The van der Waals surface area contributed by atoms with Crippen molar-refractivity contribution in [2.24, 2.45) is 5.73 Å². The Balaban J connectivity index is 1.90. The molecule has 1 amide bonds. The first kappa shape index (κ1) is 10.8. The van der Waals surface area contributed by atoms with E-state index in [1.54, 1.807) is 36.3 Å². The second kappa shape index (κ2) is 4.40. The molecule has 2 N–H and O–H groups in total. The number of amides is 1. The van der Waals surface area contributed by atoms with Gasteiger partial charge in [0.05, 0.1) is 7.11 Å². The van der Waals surface area contributed by atoms with Crippen molar-refractivity contribution in [1.29, 1.82) is 0 Å². The predicted octanol–water partition coefficient (Wildman–Crippen LogP) is 0.837. The first-order chi connectivity index (χ1) is 7.69. The molecule has 0 bridgehead atoms. The number of hydrogen-bond donors (Lipinski definition) is 1. The number of ether oxygens (including phenoxy) is 2. The van der Waals surface area contributed by atoms with E-state index in [1.165, 1.54) is 0 Å². The van der Waals surface area contributed by atoms with Crippen molar-refractivity contribution < 1.29 is 14.3 Å². The lowest BCUT2D eigenvalue weighted by Gasteiger charge is -2.35. The summed E-state index contributed by atoms with van der Waals surface area (Å²) >= 11 is 0. The van der Waals surface area contributed by atoms with Crippen LogP contribution in [0.5, 0.6) is 11.5 Å². The number of carbonyl (C=O) groups is 1. The highest BCUT2D eigenvalue weighted by atomic mass is 16.6. The van der Waals surface area contributed by atoms with Crippen LogP contribution in [0.1, 0.15) is 0 Å². The Morgan fingerprint density at radius 1 is 1.31 bits per heavy atom. The third kappa shape index (κ3) is 2.25. The SMILES string of the molecule is COc1ccc(OC(=O)N2CC(N)C2)cc1. The van der Waals surface area contributed by atoms with Crippen LogP contribution in [0.3, 0.4) is 0 Å². The van der Waals surface area contributed by atoms with Crippen molar-refractivity contribution >= 4 is 6.09 Å². The molecular formula is C11H14N2O3. The summed E-state index contributed by atoms with van der Waals surface area (Å²) in [7, 11) is 1.59. The van der Waals surface area contributed by atoms with E-state index in [-0.39, 0.29) is 12.1 Å². The van der Waals surface area contributed by atoms with Crippen molar-refractivity contribution in [3.05, 3.63) is 24.3 Å². The van der Waals surface area contributed by atoms with E-state index >= 15 is 0 Å². The van der Waals surface area contributed by atoms with Crippen LogP contribution in [-0.2, 0) is 0 Å². The Kier molecular flexibility index (Phi) is 2.96. The number of hydrogen-bond acceptors (Lipinski definition) is 4. The van der Waals surface area contributed by atoms with Crippen LogP contribution in [0.15, 0.2) is 24.3 Å². The van der Waals surface area contributed by atoms with E-state index < -0.39 is 0 Å². The van der Waals surface area contributed by atoms with E-state index in [0.717, 1.165) is 5.75 Å². The fourth-order valence-electron chi connectivity index (χ4n) is 1.47. The third-order valence-corrected chi connectivity index (χ3v) is 2.43. The maximum Gasteiger partial charge on any atom is 0.415 e. The quantitative estimate of drug-likeness (QED) is 0.805. The molecule has 0 spiro atoms. The van der Waals surface area contributed by atoms with E-state index in [4.69, 9.17) is 15.2 Å². The summed E-state index contributed by atoms with van der Waals surface area (Å²) in [6, 6.07) is 6.95. The Bertz CT molecular complexity index is 371. The summed E-state index contributed by atoms with van der Waals surface area (Å²) in [5.41, 5.74) is 5.57. The van der Waals surface area contributed by atoms with Gasteiger partial charge in [-0.25, -0.2) is 4.79 Å². The van der Waals surface area contributed by atoms with Crippen LogP contribution in [0.25, 0.3) is 0 Å². The molecular weight excluding hydrogens is 208 g/mol. The number of rotatable bonds is 2. The lowest BCUT2D eigenvalue weighted by Crippen LogP contribution is -2.58. The van der Waals surface area contributed by atoms with Crippen LogP contribution in [0.2, 0.25) is 0 Å². The van der Waals surface area contributed by atoms with Crippen LogP contribution < -0.4 is 15.2 Å². The molecule has 0 unspecified atom stereocenters. The van der Waals surface area contributed by atoms with Gasteiger partial charge in [0.25, 0.3) is 0 Å². The van der Waals surface area contributed by atoms with Gasteiger partial charge in [-0.3, -0.25) is 0 Å². The molecule has 0 aromatic heterocycles. The minimum absolute atomic E-state index is 0.0865. The molecule has 0 saturated carbocycles. The van der Waals surface area contributed by atoms with Crippen molar-refractivity contribution in [3.8, 4) is 11.5 Å². The highest BCUT2D eigenvalue weighted by molar-refractivity contribution is 5.71. The van der Waals surface area contributed by atoms with Crippen molar-refractivity contribution in [2.75, 3.05) is 20.2 Å². The van der Waals surface area contributed by atoms with Crippen LogP contribution >= 0.6 is 0 Å². The van der Waals surface area contributed by atoms with Crippen LogP contribution in [0, 0.1) is 0 Å². The van der Waals surface area contributed by atoms with E-state index in [9.17, 15) is 4.79 Å². The molecule has 86 valence electrons. The minimum atomic E-state index is -0.355. The molecule has 1 aromatic carbocycles. The average Bonchev–Trinajstić information content (AvgIpc) is 2.26. The molecule has 1 heterocycles. The minimum Gasteiger partial charge on any atom is -0.497 e. The van der Waals surface area contributed by atoms with Gasteiger partial charge in [0.1, 0.15) is 11.5 Å². The highest BCUT2D eigenvalue weighted by Crippen LogP contribution is 2.18. The average molecular weight is 222 g/mol. The van der Waals surface area contributed by atoms with Gasteiger partial charge in [-0.05, 0) is 24.3 Å².